The van der Waals surface area contributed by atoms with Crippen molar-refractivity contribution < 1.29 is 92.7 Å². The van der Waals surface area contributed by atoms with E-state index in [-0.39, 0.29) is 96.1 Å². The number of fused-ring (bicyclic) bond motifs is 3. The van der Waals surface area contributed by atoms with Crippen molar-refractivity contribution in [1.29, 1.82) is 0 Å². The minimum atomic E-state index is -5.20. The van der Waals surface area contributed by atoms with Crippen LogP contribution in [0.25, 0.3) is 0 Å². The van der Waals surface area contributed by atoms with Crippen LogP contribution in [0.3, 0.4) is 0 Å². The summed E-state index contributed by atoms with van der Waals surface area (Å²) in [6.45, 7) is 6.27. The number of halogens is 8. The van der Waals surface area contributed by atoms with Crippen molar-refractivity contribution in [3.05, 3.63) is 0 Å². The first-order chi connectivity index (χ1) is 50.8. The zero-order valence-electron chi connectivity index (χ0n) is 64.8. The minimum Gasteiger partial charge on any atom is -0.343 e. The van der Waals surface area contributed by atoms with Crippen molar-refractivity contribution in [2.24, 2.45) is 41.4 Å². The summed E-state index contributed by atoms with van der Waals surface area (Å²) in [5.74, 6) is -16.2. The van der Waals surface area contributed by atoms with Gasteiger partial charge in [-0.25, -0.2) is 8.78 Å². The topological polar surface area (TPSA) is 270 Å². The maximum absolute atomic E-state index is 15.7. The molecule has 11 atom stereocenters. The van der Waals surface area contributed by atoms with Gasteiger partial charge < -0.3 is 60.0 Å². The largest absolute Gasteiger partial charge is 0.397 e. The Bertz CT molecular complexity index is 3180. The summed E-state index contributed by atoms with van der Waals surface area (Å²) in [4.78, 5) is 193. The molecule has 2 unspecified atom stereocenters. The van der Waals surface area contributed by atoms with Gasteiger partial charge in [0.25, 0.3) is 0 Å². The van der Waals surface area contributed by atoms with E-state index in [1.54, 1.807) is 18.7 Å². The number of carbonyl (C=O) groups excluding carboxylic acids is 12. The lowest BCUT2D eigenvalue weighted by Gasteiger charge is -2.42. The number of nitrogens with zero attached hydrogens (tertiary/aromatic N) is 9. The van der Waals surface area contributed by atoms with E-state index < -0.39 is 224 Å². The number of amides is 12. The molecule has 8 rings (SSSR count). The maximum atomic E-state index is 15.7. The van der Waals surface area contributed by atoms with Crippen LogP contribution in [0.2, 0.25) is 0 Å². The lowest BCUT2D eigenvalue weighted by Crippen LogP contribution is -2.65. The zero-order chi connectivity index (χ0) is 79.6. The predicted octanol–water partition coefficient (Wildman–Crippen LogP) is 7.48. The van der Waals surface area contributed by atoms with Gasteiger partial charge in [-0.3, -0.25) is 57.5 Å². The van der Waals surface area contributed by atoms with Gasteiger partial charge in [0.15, 0.2) is 0 Å². The Balaban J connectivity index is 1.19. The number of hydrogen-bond acceptors (Lipinski definition) is 12. The van der Waals surface area contributed by atoms with Crippen LogP contribution in [-0.2, 0) is 57.5 Å². The zero-order valence-corrected chi connectivity index (χ0v) is 64.8. The molecule has 1 spiro atoms. The number of hydrogen-bond donors (Lipinski definition) is 3. The number of alkyl halides is 8. The number of nitrogens with one attached hydrogen (secondary N) is 3. The first-order valence-corrected chi connectivity index (χ1v) is 39.6. The molecule has 2 bridgehead atoms. The van der Waals surface area contributed by atoms with E-state index in [1.807, 2.05) is 13.8 Å². The Kier molecular flexibility index (Phi) is 30.0. The molecule has 0 radical (unpaired) electrons. The summed E-state index contributed by atoms with van der Waals surface area (Å²) in [5.41, 5.74) is -1.66. The number of likely N-dealkylation sites (tertiary alicyclic amines) is 1. The van der Waals surface area contributed by atoms with Gasteiger partial charge >= 0.3 is 12.4 Å². The fourth-order valence-electron chi connectivity index (χ4n) is 18.3. The van der Waals surface area contributed by atoms with E-state index in [0.717, 1.165) is 9.80 Å². The molecule has 108 heavy (non-hydrogen) atoms. The van der Waals surface area contributed by atoms with Crippen molar-refractivity contribution in [2.75, 3.05) is 81.6 Å². The third-order valence-corrected chi connectivity index (χ3v) is 25.0. The number of carbonyl (C=O) groups is 12. The van der Waals surface area contributed by atoms with E-state index in [9.17, 15) is 50.3 Å². The standard InChI is InChI=1S/C76H118F8N12O12/c1-11-46(4)63-71(106)89(6)44-61(99)90(7)55-24-13-12-18-36-96(70(55)105)58(41-47-26-29-50(30-27-47)75(79,80)81)68(103)88(5)43-59(97)85-53(31-28-48-39-51(77)62(52(78)40-48)76(82,83)84)67(102)95-37-21-25-54(95)66(101)87-74(32-16-17-33-74)73(108)93(10)64(49-22-14-15-23-49)72(107)92(9)57(69(104)94-34-19-20-35-94)42-60(98)91(8)56(38-45(2)3)65(100)86-63/h45-58,62-64H,11-44H2,1-10H3,(H,85,97)(H,86,100)(H,87,101)/t46-,47?,48?,50?,51?,52?,53-,54-,55-,56-,57-,58-,62?,63-,64-/m0/s1. The van der Waals surface area contributed by atoms with Gasteiger partial charge in [-0.1, -0.05) is 72.6 Å². The van der Waals surface area contributed by atoms with Crippen molar-refractivity contribution in [3.63, 3.8) is 0 Å². The van der Waals surface area contributed by atoms with Crippen LogP contribution in [0.1, 0.15) is 207 Å². The Labute approximate surface area is 630 Å². The van der Waals surface area contributed by atoms with Gasteiger partial charge in [-0.15, -0.1) is 0 Å². The second-order valence-electron chi connectivity index (χ2n) is 33.0. The smallest absolute Gasteiger partial charge is 0.343 e. The second kappa shape index (κ2) is 37.4. The fourth-order valence-corrected chi connectivity index (χ4v) is 18.3. The SMILES string of the molecule is CC[C@H](C)[C@@H]1NC(=O)[C@H](CC(C)C)N(C)C(=O)C[C@@H](C(=O)N2CCCC2)N(C)C(=O)[C@H](C2CCCC2)N(C)C(=O)C2(CCCC2)NC(=O)[C@@H]2CCCN2C(=O)[C@H](CCC2CC(F)C(C(F)(F)F)C(F)C2)NC(=O)CN(C)C(=O)[C@H](CC2CCC(C(F)(F)F)CC2)N2CCCCC[C@@H](C2=O)N(C)C(=O)CN(C)C1=O. The molecule has 24 nitrogen and oxygen atoms in total. The van der Waals surface area contributed by atoms with E-state index in [4.69, 9.17) is 0 Å². The average Bonchev–Trinajstić information content (AvgIpc) is 1.50. The molecule has 0 aromatic heterocycles. The highest BCUT2D eigenvalue weighted by atomic mass is 19.4. The van der Waals surface area contributed by atoms with Crippen LogP contribution in [-0.4, -0.2) is 275 Å². The Morgan fingerprint density at radius 1 is 0.537 bits per heavy atom. The quantitative estimate of drug-likeness (QED) is 0.170. The first kappa shape index (κ1) is 86.7. The second-order valence-corrected chi connectivity index (χ2v) is 33.0. The van der Waals surface area contributed by atoms with Crippen LogP contribution in [0, 0.1) is 41.4 Å². The van der Waals surface area contributed by atoms with Gasteiger partial charge in [-0.2, -0.15) is 26.3 Å². The van der Waals surface area contributed by atoms with E-state index in [1.165, 1.54) is 71.7 Å². The summed E-state index contributed by atoms with van der Waals surface area (Å²) in [6, 6.07) is -10.9. The summed E-state index contributed by atoms with van der Waals surface area (Å²) >= 11 is 0. The van der Waals surface area contributed by atoms with E-state index in [2.05, 4.69) is 16.0 Å². The Hall–Kier alpha value is -6.92. The highest BCUT2D eigenvalue weighted by Gasteiger charge is 2.56. The molecule has 8 aliphatic rings. The molecule has 3 N–H and O–H groups in total. The van der Waals surface area contributed by atoms with Crippen LogP contribution >= 0.6 is 0 Å². The van der Waals surface area contributed by atoms with Crippen molar-refractivity contribution in [3.8, 4) is 0 Å². The third-order valence-electron chi connectivity index (χ3n) is 25.0. The lowest BCUT2D eigenvalue weighted by molar-refractivity contribution is -0.219. The highest BCUT2D eigenvalue weighted by molar-refractivity contribution is 6.01. The first-order valence-electron chi connectivity index (χ1n) is 39.6. The minimum absolute atomic E-state index is 0.0206. The van der Waals surface area contributed by atoms with Crippen LogP contribution in [0.15, 0.2) is 0 Å². The van der Waals surface area contributed by atoms with Crippen molar-refractivity contribution in [1.82, 2.24) is 60.0 Å². The molecule has 8 fully saturated rings. The summed E-state index contributed by atoms with van der Waals surface area (Å²) in [7, 11) is 8.24. The fraction of sp³-hybridized carbons (Fsp3) is 0.842. The molecule has 610 valence electrons. The van der Waals surface area contributed by atoms with Gasteiger partial charge in [0, 0.05) is 68.5 Å². The molecule has 4 heterocycles. The molecule has 0 aromatic carbocycles. The Morgan fingerprint density at radius 3 is 1.71 bits per heavy atom. The van der Waals surface area contributed by atoms with Crippen LogP contribution < -0.4 is 16.0 Å². The average molecular weight is 1540 g/mol. The molecule has 4 aliphatic carbocycles. The van der Waals surface area contributed by atoms with Crippen LogP contribution in [0.5, 0.6) is 0 Å². The lowest BCUT2D eigenvalue weighted by atomic mass is 9.76. The van der Waals surface area contributed by atoms with Crippen molar-refractivity contribution >= 4 is 70.9 Å². The predicted molar refractivity (Wildman–Crippen MR) is 382 cm³/mol. The maximum Gasteiger partial charge on any atom is 0.397 e. The van der Waals surface area contributed by atoms with Gasteiger partial charge in [0.1, 0.15) is 72.1 Å². The van der Waals surface area contributed by atoms with Gasteiger partial charge in [-0.05, 0) is 158 Å². The summed E-state index contributed by atoms with van der Waals surface area (Å²) in [5, 5.41) is 8.55. The monoisotopic (exact) mass is 1540 g/mol. The number of likely N-dealkylation sites (N-methyl/N-ethyl adjacent to an activating group) is 6. The molecule has 32 heteroatoms. The third kappa shape index (κ3) is 20.8. The van der Waals surface area contributed by atoms with Crippen LogP contribution in [0.4, 0.5) is 35.1 Å². The summed E-state index contributed by atoms with van der Waals surface area (Å²) in [6.07, 6.45) is -11.5. The Morgan fingerprint density at radius 2 is 1.12 bits per heavy atom. The highest BCUT2D eigenvalue weighted by Crippen LogP contribution is 2.46. The van der Waals surface area contributed by atoms with Crippen molar-refractivity contribution in [2.45, 2.75) is 286 Å². The van der Waals surface area contributed by atoms with Gasteiger partial charge in [0.2, 0.25) is 70.9 Å². The molecule has 0 aromatic rings. The molecule has 4 saturated carbocycles. The van der Waals surface area contributed by atoms with Gasteiger partial charge in [0.05, 0.1) is 25.4 Å². The number of rotatable bonds is 11. The van der Waals surface area contributed by atoms with E-state index in [0.29, 0.717) is 90.1 Å². The molecular formula is C76H118F8N12O12. The van der Waals surface area contributed by atoms with E-state index >= 15 is 42.3 Å². The molecule has 4 aliphatic heterocycles. The summed E-state index contributed by atoms with van der Waals surface area (Å²) < 4.78 is 115. The normalized spacial score (nSPS) is 32.0. The molecular weight excluding hydrogens is 1420 g/mol. The molecule has 12 amide bonds. The molecule has 4 saturated heterocycles.